The fraction of sp³-hybridized carbons (Fsp3) is 0.333. The topological polar surface area (TPSA) is 72.0 Å². The zero-order valence-corrected chi connectivity index (χ0v) is 11.5. The number of amides is 2. The number of ether oxygens (including phenoxy) is 2. The number of aliphatic imine (C=N–C) groups is 1. The number of amidine groups is 1. The summed E-state index contributed by atoms with van der Waals surface area (Å²) in [7, 11) is 3.11. The van der Waals surface area contributed by atoms with Crippen LogP contribution in [0, 0.1) is 0 Å². The van der Waals surface area contributed by atoms with E-state index < -0.39 is 0 Å². The molecule has 0 aromatic heterocycles. The Morgan fingerprint density at radius 3 is 2.79 bits per heavy atom. The van der Waals surface area contributed by atoms with Gasteiger partial charge in [-0.3, -0.25) is 10.3 Å². The van der Waals surface area contributed by atoms with Crippen LogP contribution >= 0.6 is 11.8 Å². The van der Waals surface area contributed by atoms with Crippen LogP contribution in [0.4, 0.5) is 10.5 Å². The number of carbonyl (C=O) groups is 1. The summed E-state index contributed by atoms with van der Waals surface area (Å²) in [4.78, 5) is 15.9. The number of hydrogen-bond acceptors (Lipinski definition) is 5. The molecule has 0 radical (unpaired) electrons. The molecule has 1 aromatic carbocycles. The Bertz CT molecular complexity index is 505. The number of rotatable bonds is 3. The van der Waals surface area contributed by atoms with Gasteiger partial charge in [0.25, 0.3) is 0 Å². The lowest BCUT2D eigenvalue weighted by Crippen LogP contribution is -2.32. The lowest BCUT2D eigenvalue weighted by Gasteiger charge is -2.12. The standard InChI is InChI=1S/C12H15N3O3S/c1-17-8-3-4-9(10(7-8)18-2)14-11(16)15-12-13-5-6-19-12/h3-4,7H,5-6H2,1-2H3,(H2,13,14,15,16). The van der Waals surface area contributed by atoms with Gasteiger partial charge < -0.3 is 14.8 Å². The molecular weight excluding hydrogens is 266 g/mol. The number of methoxy groups -OCH3 is 2. The van der Waals surface area contributed by atoms with Crippen molar-refractivity contribution in [2.24, 2.45) is 4.99 Å². The molecule has 0 bridgehead atoms. The van der Waals surface area contributed by atoms with E-state index in [0.717, 1.165) is 12.3 Å². The molecular formula is C12H15N3O3S. The summed E-state index contributed by atoms with van der Waals surface area (Å²) in [5.74, 6) is 2.11. The summed E-state index contributed by atoms with van der Waals surface area (Å²) in [6, 6.07) is 4.84. The number of nitrogens with zero attached hydrogens (tertiary/aromatic N) is 1. The van der Waals surface area contributed by atoms with Crippen molar-refractivity contribution in [2.75, 3.05) is 31.8 Å². The number of thioether (sulfide) groups is 1. The number of anilines is 1. The molecule has 0 fully saturated rings. The molecule has 1 aliphatic rings. The number of hydrogen-bond donors (Lipinski definition) is 2. The van der Waals surface area contributed by atoms with Crippen molar-refractivity contribution in [1.82, 2.24) is 5.32 Å². The van der Waals surface area contributed by atoms with Crippen molar-refractivity contribution in [3.63, 3.8) is 0 Å². The maximum absolute atomic E-state index is 11.8. The molecule has 1 heterocycles. The Morgan fingerprint density at radius 2 is 2.16 bits per heavy atom. The van der Waals surface area contributed by atoms with E-state index in [9.17, 15) is 4.79 Å². The Hall–Kier alpha value is -1.89. The van der Waals surface area contributed by atoms with Crippen molar-refractivity contribution >= 4 is 28.6 Å². The number of carbonyl (C=O) groups excluding carboxylic acids is 1. The average molecular weight is 281 g/mol. The minimum Gasteiger partial charge on any atom is -0.497 e. The van der Waals surface area contributed by atoms with Crippen LogP contribution in [-0.2, 0) is 0 Å². The summed E-state index contributed by atoms with van der Waals surface area (Å²) < 4.78 is 10.3. The first-order valence-corrected chi connectivity index (χ1v) is 6.69. The zero-order valence-electron chi connectivity index (χ0n) is 10.7. The van der Waals surface area contributed by atoms with Crippen LogP contribution in [-0.4, -0.2) is 37.7 Å². The third kappa shape index (κ3) is 3.54. The molecule has 6 nitrogen and oxygen atoms in total. The van der Waals surface area contributed by atoms with Gasteiger partial charge in [0, 0.05) is 11.8 Å². The predicted octanol–water partition coefficient (Wildman–Crippen LogP) is 1.93. The molecule has 2 N–H and O–H groups in total. The third-order valence-electron chi connectivity index (χ3n) is 2.46. The fourth-order valence-corrected chi connectivity index (χ4v) is 2.29. The average Bonchev–Trinajstić information content (AvgIpc) is 2.91. The lowest BCUT2D eigenvalue weighted by atomic mass is 10.2. The van der Waals surface area contributed by atoms with Crippen molar-refractivity contribution < 1.29 is 14.3 Å². The normalized spacial score (nSPS) is 13.7. The minimum absolute atomic E-state index is 0.336. The highest BCUT2D eigenvalue weighted by atomic mass is 32.2. The Balaban J connectivity index is 2.03. The first-order valence-electron chi connectivity index (χ1n) is 5.70. The zero-order chi connectivity index (χ0) is 13.7. The van der Waals surface area contributed by atoms with E-state index in [1.54, 1.807) is 25.3 Å². The smallest absolute Gasteiger partial charge is 0.325 e. The van der Waals surface area contributed by atoms with Crippen LogP contribution in [0.1, 0.15) is 0 Å². The molecule has 0 spiro atoms. The van der Waals surface area contributed by atoms with Crippen molar-refractivity contribution in [3.05, 3.63) is 18.2 Å². The second-order valence-corrected chi connectivity index (χ2v) is 4.76. The summed E-state index contributed by atoms with van der Waals surface area (Å²) in [6.45, 7) is 0.742. The number of urea groups is 1. The van der Waals surface area contributed by atoms with E-state index in [2.05, 4.69) is 15.6 Å². The molecule has 0 atom stereocenters. The quantitative estimate of drug-likeness (QED) is 0.888. The SMILES string of the molecule is COc1ccc(NC(=O)NC2=NCCS2)c(OC)c1. The highest BCUT2D eigenvalue weighted by Crippen LogP contribution is 2.28. The van der Waals surface area contributed by atoms with Crippen LogP contribution in [0.25, 0.3) is 0 Å². The highest BCUT2D eigenvalue weighted by Gasteiger charge is 2.13. The van der Waals surface area contributed by atoms with Gasteiger partial charge in [-0.15, -0.1) is 0 Å². The summed E-state index contributed by atoms with van der Waals surface area (Å²) >= 11 is 1.52. The summed E-state index contributed by atoms with van der Waals surface area (Å²) in [5, 5.41) is 6.04. The monoisotopic (exact) mass is 281 g/mol. The van der Waals surface area contributed by atoms with Crippen molar-refractivity contribution in [2.45, 2.75) is 0 Å². The van der Waals surface area contributed by atoms with Gasteiger partial charge in [-0.25, -0.2) is 4.79 Å². The van der Waals surface area contributed by atoms with E-state index in [0.29, 0.717) is 22.4 Å². The molecule has 0 unspecified atom stereocenters. The molecule has 2 amide bonds. The van der Waals surface area contributed by atoms with Crippen LogP contribution in [0.2, 0.25) is 0 Å². The lowest BCUT2D eigenvalue weighted by molar-refractivity contribution is 0.256. The Kier molecular flexibility index (Phi) is 4.51. The van der Waals surface area contributed by atoms with Crippen LogP contribution in [0.15, 0.2) is 23.2 Å². The Labute approximate surface area is 115 Å². The maximum Gasteiger partial charge on any atom is 0.325 e. The van der Waals surface area contributed by atoms with E-state index in [4.69, 9.17) is 9.47 Å². The highest BCUT2D eigenvalue weighted by molar-refractivity contribution is 8.14. The molecule has 1 aliphatic heterocycles. The molecule has 0 saturated carbocycles. The van der Waals surface area contributed by atoms with Crippen LogP contribution in [0.3, 0.4) is 0 Å². The van der Waals surface area contributed by atoms with Gasteiger partial charge in [-0.05, 0) is 12.1 Å². The van der Waals surface area contributed by atoms with E-state index in [1.165, 1.54) is 18.9 Å². The number of nitrogens with one attached hydrogen (secondary N) is 2. The van der Waals surface area contributed by atoms with E-state index in [-0.39, 0.29) is 6.03 Å². The third-order valence-corrected chi connectivity index (χ3v) is 3.35. The Morgan fingerprint density at radius 1 is 1.32 bits per heavy atom. The van der Waals surface area contributed by atoms with Crippen LogP contribution < -0.4 is 20.1 Å². The molecule has 7 heteroatoms. The molecule has 1 aromatic rings. The van der Waals surface area contributed by atoms with E-state index >= 15 is 0 Å². The number of benzene rings is 1. The summed E-state index contributed by atoms with van der Waals surface area (Å²) in [6.07, 6.45) is 0. The minimum atomic E-state index is -0.336. The van der Waals surface area contributed by atoms with Gasteiger partial charge >= 0.3 is 6.03 Å². The van der Waals surface area contributed by atoms with Gasteiger partial charge in [-0.1, -0.05) is 11.8 Å². The first kappa shape index (κ1) is 13.5. The molecule has 2 rings (SSSR count). The second kappa shape index (κ2) is 6.33. The first-order chi connectivity index (χ1) is 9.22. The van der Waals surface area contributed by atoms with Gasteiger partial charge in [0.15, 0.2) is 5.17 Å². The second-order valence-electron chi connectivity index (χ2n) is 3.68. The maximum atomic E-state index is 11.8. The predicted molar refractivity (Wildman–Crippen MR) is 76.5 cm³/mol. The van der Waals surface area contributed by atoms with Gasteiger partial charge in [0.2, 0.25) is 0 Å². The molecule has 102 valence electrons. The van der Waals surface area contributed by atoms with Gasteiger partial charge in [-0.2, -0.15) is 0 Å². The van der Waals surface area contributed by atoms with E-state index in [1.807, 2.05) is 0 Å². The molecule has 0 saturated heterocycles. The molecule has 19 heavy (non-hydrogen) atoms. The summed E-state index contributed by atoms with van der Waals surface area (Å²) in [5.41, 5.74) is 0.574. The van der Waals surface area contributed by atoms with Crippen molar-refractivity contribution in [1.29, 1.82) is 0 Å². The van der Waals surface area contributed by atoms with Crippen molar-refractivity contribution in [3.8, 4) is 11.5 Å². The fourth-order valence-electron chi connectivity index (χ4n) is 1.56. The molecule has 0 aliphatic carbocycles. The van der Waals surface area contributed by atoms with Gasteiger partial charge in [0.05, 0.1) is 26.5 Å². The van der Waals surface area contributed by atoms with Crippen LogP contribution in [0.5, 0.6) is 11.5 Å². The van der Waals surface area contributed by atoms with Gasteiger partial charge in [0.1, 0.15) is 11.5 Å². The largest absolute Gasteiger partial charge is 0.497 e.